The van der Waals surface area contributed by atoms with Crippen molar-refractivity contribution in [3.63, 3.8) is 0 Å². The van der Waals surface area contributed by atoms with Crippen LogP contribution in [0.3, 0.4) is 0 Å². The van der Waals surface area contributed by atoms with Gasteiger partial charge in [-0.05, 0) is 48.2 Å². The van der Waals surface area contributed by atoms with Gasteiger partial charge in [-0.15, -0.1) is 0 Å². The largest absolute Gasteiger partial charge is 0.484 e. The Balaban J connectivity index is 1.49. The quantitative estimate of drug-likeness (QED) is 0.490. The topological polar surface area (TPSA) is 77.8 Å². The summed E-state index contributed by atoms with van der Waals surface area (Å²) >= 11 is 0. The van der Waals surface area contributed by atoms with Crippen LogP contribution < -0.4 is 20.4 Å². The number of alkyl halides is 2. The van der Waals surface area contributed by atoms with E-state index in [9.17, 15) is 18.4 Å². The number of rotatable bonds is 10. The minimum atomic E-state index is -2.86. The van der Waals surface area contributed by atoms with Crippen molar-refractivity contribution in [3.05, 3.63) is 70.1 Å². The summed E-state index contributed by atoms with van der Waals surface area (Å²) in [5, 5.41) is 3.58. The van der Waals surface area contributed by atoms with E-state index in [1.807, 2.05) is 13.0 Å². The Hall–Kier alpha value is -3.42. The first-order chi connectivity index (χ1) is 14.9. The van der Waals surface area contributed by atoms with Gasteiger partial charge in [0, 0.05) is 24.1 Å². The van der Waals surface area contributed by atoms with Crippen LogP contribution in [0, 0.1) is 0 Å². The van der Waals surface area contributed by atoms with Gasteiger partial charge in [0.25, 0.3) is 5.91 Å². The van der Waals surface area contributed by atoms with Gasteiger partial charge < -0.3 is 19.2 Å². The van der Waals surface area contributed by atoms with Crippen LogP contribution >= 0.6 is 0 Å². The minimum absolute atomic E-state index is 0.0872. The highest BCUT2D eigenvalue weighted by Crippen LogP contribution is 2.23. The summed E-state index contributed by atoms with van der Waals surface area (Å²) in [6.07, 6.45) is 2.21. The van der Waals surface area contributed by atoms with E-state index in [0.29, 0.717) is 24.3 Å². The van der Waals surface area contributed by atoms with Gasteiger partial charge in [-0.25, -0.2) is 4.79 Å². The molecule has 0 saturated heterocycles. The van der Waals surface area contributed by atoms with E-state index in [2.05, 4.69) is 10.1 Å². The van der Waals surface area contributed by atoms with Crippen molar-refractivity contribution in [2.45, 2.75) is 32.8 Å². The van der Waals surface area contributed by atoms with Crippen molar-refractivity contribution >= 4 is 16.9 Å². The maximum atomic E-state index is 12.2. The molecule has 1 heterocycles. The second kappa shape index (κ2) is 10.6. The molecule has 1 aromatic heterocycles. The lowest BCUT2D eigenvalue weighted by atomic mass is 10.1. The number of aryl methyl sites for hydroxylation is 1. The molecule has 0 bridgehead atoms. The number of nitrogens with one attached hydrogen (secondary N) is 1. The first kappa shape index (κ1) is 22.3. The van der Waals surface area contributed by atoms with Gasteiger partial charge in [0.05, 0.1) is 0 Å². The van der Waals surface area contributed by atoms with E-state index in [1.54, 1.807) is 24.3 Å². The molecule has 1 N–H and O–H groups in total. The summed E-state index contributed by atoms with van der Waals surface area (Å²) in [7, 11) is 0. The SMILES string of the molecule is CCCc1cc(=O)oc2cc(OCC(=O)NCCc3ccc(OC(F)F)cc3)ccc12. The number of fused-ring (bicyclic) bond motifs is 1. The zero-order valence-electron chi connectivity index (χ0n) is 17.0. The third-order valence-corrected chi connectivity index (χ3v) is 4.58. The lowest BCUT2D eigenvalue weighted by Gasteiger charge is -2.10. The number of ether oxygens (including phenoxy) is 2. The van der Waals surface area contributed by atoms with Gasteiger partial charge in [0.2, 0.25) is 0 Å². The average Bonchev–Trinajstić information content (AvgIpc) is 2.73. The smallest absolute Gasteiger partial charge is 0.387 e. The van der Waals surface area contributed by atoms with Crippen LogP contribution in [0.4, 0.5) is 8.78 Å². The van der Waals surface area contributed by atoms with E-state index in [4.69, 9.17) is 9.15 Å². The normalized spacial score (nSPS) is 11.0. The summed E-state index contributed by atoms with van der Waals surface area (Å²) in [6, 6.07) is 12.9. The van der Waals surface area contributed by atoms with Crippen molar-refractivity contribution in [1.82, 2.24) is 5.32 Å². The molecule has 6 nitrogen and oxygen atoms in total. The van der Waals surface area contributed by atoms with Gasteiger partial charge in [-0.2, -0.15) is 8.78 Å². The highest BCUT2D eigenvalue weighted by atomic mass is 19.3. The lowest BCUT2D eigenvalue weighted by Crippen LogP contribution is -2.30. The molecule has 31 heavy (non-hydrogen) atoms. The first-order valence-electron chi connectivity index (χ1n) is 9.94. The van der Waals surface area contributed by atoms with Crippen LogP contribution in [-0.2, 0) is 17.6 Å². The Morgan fingerprint density at radius 1 is 1.06 bits per heavy atom. The molecule has 0 aliphatic carbocycles. The molecule has 0 radical (unpaired) electrons. The molecule has 3 aromatic rings. The Bertz CT molecular complexity index is 1080. The van der Waals surface area contributed by atoms with Gasteiger partial charge in [-0.1, -0.05) is 25.5 Å². The second-order valence-corrected chi connectivity index (χ2v) is 6.91. The van der Waals surface area contributed by atoms with Crippen LogP contribution in [0.1, 0.15) is 24.5 Å². The van der Waals surface area contributed by atoms with Crippen LogP contribution in [0.5, 0.6) is 11.5 Å². The van der Waals surface area contributed by atoms with Crippen LogP contribution in [0.15, 0.2) is 57.7 Å². The molecule has 0 aliphatic heterocycles. The number of amides is 1. The highest BCUT2D eigenvalue weighted by molar-refractivity contribution is 5.82. The third kappa shape index (κ3) is 6.53. The molecule has 0 spiro atoms. The van der Waals surface area contributed by atoms with Gasteiger partial charge in [0.1, 0.15) is 17.1 Å². The molecular formula is C23H23F2NO5. The van der Waals surface area contributed by atoms with Gasteiger partial charge in [-0.3, -0.25) is 4.79 Å². The lowest BCUT2D eigenvalue weighted by molar-refractivity contribution is -0.123. The molecule has 0 fully saturated rings. The maximum Gasteiger partial charge on any atom is 0.387 e. The summed E-state index contributed by atoms with van der Waals surface area (Å²) < 4.78 is 39.4. The van der Waals surface area contributed by atoms with Crippen molar-refractivity contribution in [2.24, 2.45) is 0 Å². The molecule has 2 aromatic carbocycles. The Labute approximate surface area is 177 Å². The third-order valence-electron chi connectivity index (χ3n) is 4.58. The number of carbonyl (C=O) groups excluding carboxylic acids is 1. The Morgan fingerprint density at radius 2 is 1.81 bits per heavy atom. The second-order valence-electron chi connectivity index (χ2n) is 6.91. The van der Waals surface area contributed by atoms with Crippen molar-refractivity contribution < 1.29 is 27.5 Å². The Kier molecular flexibility index (Phi) is 7.59. The van der Waals surface area contributed by atoms with E-state index < -0.39 is 12.2 Å². The summed E-state index contributed by atoms with van der Waals surface area (Å²) in [6.45, 7) is -0.648. The molecule has 3 rings (SSSR count). The molecule has 0 atom stereocenters. The zero-order chi connectivity index (χ0) is 22.2. The fourth-order valence-electron chi connectivity index (χ4n) is 3.16. The number of halogens is 2. The zero-order valence-corrected chi connectivity index (χ0v) is 17.0. The number of hydrogen-bond acceptors (Lipinski definition) is 5. The van der Waals surface area contributed by atoms with Gasteiger partial charge in [0.15, 0.2) is 6.61 Å². The molecule has 0 saturated carbocycles. The maximum absolute atomic E-state index is 12.2. The fraction of sp³-hybridized carbons (Fsp3) is 0.304. The Morgan fingerprint density at radius 3 is 2.52 bits per heavy atom. The van der Waals surface area contributed by atoms with Crippen LogP contribution in [0.25, 0.3) is 11.0 Å². The monoisotopic (exact) mass is 431 g/mol. The molecule has 0 unspecified atom stereocenters. The average molecular weight is 431 g/mol. The molecule has 164 valence electrons. The minimum Gasteiger partial charge on any atom is -0.484 e. The van der Waals surface area contributed by atoms with Crippen molar-refractivity contribution in [1.29, 1.82) is 0 Å². The van der Waals surface area contributed by atoms with Crippen molar-refractivity contribution in [3.8, 4) is 11.5 Å². The predicted octanol–water partition coefficient (Wildman–Crippen LogP) is 4.08. The van der Waals surface area contributed by atoms with Crippen LogP contribution in [0.2, 0.25) is 0 Å². The summed E-state index contributed by atoms with van der Waals surface area (Å²) in [5.74, 6) is 0.206. The van der Waals surface area contributed by atoms with E-state index in [-0.39, 0.29) is 18.3 Å². The molecule has 8 heteroatoms. The summed E-state index contributed by atoms with van der Waals surface area (Å²) in [5.41, 5.74) is 1.80. The van der Waals surface area contributed by atoms with E-state index in [1.165, 1.54) is 18.2 Å². The number of benzene rings is 2. The standard InChI is InChI=1S/C23H23F2NO5/c1-2-3-16-12-22(28)31-20-13-18(8-9-19(16)20)29-14-21(27)26-11-10-15-4-6-17(7-5-15)30-23(24)25/h4-9,12-13,23H,2-3,10-11,14H2,1H3,(H,26,27). The molecule has 0 aliphatic rings. The highest BCUT2D eigenvalue weighted by Gasteiger charge is 2.09. The molecular weight excluding hydrogens is 408 g/mol. The first-order valence-corrected chi connectivity index (χ1v) is 9.94. The van der Waals surface area contributed by atoms with Gasteiger partial charge >= 0.3 is 12.2 Å². The van der Waals surface area contributed by atoms with E-state index in [0.717, 1.165) is 29.4 Å². The van der Waals surface area contributed by atoms with Crippen LogP contribution in [-0.4, -0.2) is 25.7 Å². The summed E-state index contributed by atoms with van der Waals surface area (Å²) in [4.78, 5) is 23.8. The number of carbonyl (C=O) groups is 1. The fourth-order valence-corrected chi connectivity index (χ4v) is 3.16. The number of hydrogen-bond donors (Lipinski definition) is 1. The van der Waals surface area contributed by atoms with E-state index >= 15 is 0 Å². The van der Waals surface area contributed by atoms with Crippen molar-refractivity contribution in [2.75, 3.05) is 13.2 Å². The molecule has 1 amide bonds. The predicted molar refractivity (Wildman–Crippen MR) is 112 cm³/mol.